The van der Waals surface area contributed by atoms with Gasteiger partial charge in [0.1, 0.15) is 5.82 Å². The number of rotatable bonds is 4. The molecule has 0 spiro atoms. The lowest BCUT2D eigenvalue weighted by atomic mass is 9.86. The summed E-state index contributed by atoms with van der Waals surface area (Å²) in [4.78, 5) is 31.5. The molecule has 2 N–H and O–H groups in total. The molecular formula is C15H19N3O3. The van der Waals surface area contributed by atoms with Crippen molar-refractivity contribution in [1.29, 1.82) is 0 Å². The van der Waals surface area contributed by atoms with E-state index in [1.807, 2.05) is 0 Å². The van der Waals surface area contributed by atoms with Crippen molar-refractivity contribution in [3.05, 3.63) is 23.8 Å². The second kappa shape index (κ2) is 5.79. The molecule has 1 heterocycles. The Morgan fingerprint density at radius 3 is 2.19 bits per heavy atom. The summed E-state index contributed by atoms with van der Waals surface area (Å²) < 4.78 is 0. The van der Waals surface area contributed by atoms with Gasteiger partial charge in [0.05, 0.1) is 11.5 Å². The first-order valence-corrected chi connectivity index (χ1v) is 7.49. The molecule has 1 aromatic rings. The fourth-order valence-corrected chi connectivity index (χ4v) is 2.76. The van der Waals surface area contributed by atoms with Gasteiger partial charge in [-0.1, -0.05) is 0 Å². The van der Waals surface area contributed by atoms with Gasteiger partial charge in [0.2, 0.25) is 0 Å². The summed E-state index contributed by atoms with van der Waals surface area (Å²) in [5.41, 5.74) is 0.472. The van der Waals surface area contributed by atoms with E-state index in [1.54, 1.807) is 12.4 Å². The maximum Gasteiger partial charge on any atom is 0.306 e. The number of nitrogens with zero attached hydrogens (tertiary/aromatic N) is 2. The summed E-state index contributed by atoms with van der Waals surface area (Å²) in [6, 6.07) is 0.0520. The molecule has 2 aliphatic carbocycles. The molecule has 0 bridgehead atoms. The highest BCUT2D eigenvalue weighted by Gasteiger charge is 2.28. The molecule has 0 aromatic carbocycles. The summed E-state index contributed by atoms with van der Waals surface area (Å²) in [7, 11) is 0. The molecular weight excluding hydrogens is 270 g/mol. The summed E-state index contributed by atoms with van der Waals surface area (Å²) in [6.45, 7) is 0. The third-order valence-electron chi connectivity index (χ3n) is 4.29. The predicted octanol–water partition coefficient (Wildman–Crippen LogP) is 1.73. The number of nitrogens with one attached hydrogen (secondary N) is 1. The molecule has 0 unspecified atom stereocenters. The first-order valence-electron chi connectivity index (χ1n) is 7.49. The van der Waals surface area contributed by atoms with E-state index in [0.29, 0.717) is 37.2 Å². The van der Waals surface area contributed by atoms with Crippen molar-refractivity contribution in [3.63, 3.8) is 0 Å². The summed E-state index contributed by atoms with van der Waals surface area (Å²) >= 11 is 0. The van der Waals surface area contributed by atoms with Crippen molar-refractivity contribution in [2.75, 3.05) is 0 Å². The number of carboxylic acids is 1. The minimum absolute atomic E-state index is 0.0520. The number of amides is 1. The van der Waals surface area contributed by atoms with E-state index in [4.69, 9.17) is 5.11 Å². The summed E-state index contributed by atoms with van der Waals surface area (Å²) in [5.74, 6) is 0.140. The average Bonchev–Trinajstić information content (AvgIpc) is 3.32. The second-order valence-electron chi connectivity index (χ2n) is 5.96. The maximum atomic E-state index is 12.1. The highest BCUT2D eigenvalue weighted by Crippen LogP contribution is 2.37. The standard InChI is InChI=1S/C15H19N3O3/c19-14(11-7-16-13(17-8-11)9-1-2-9)18-12-5-3-10(4-6-12)15(20)21/h7-10,12H,1-6H2,(H,18,19)(H,20,21). The Hall–Kier alpha value is -1.98. The Morgan fingerprint density at radius 1 is 1.05 bits per heavy atom. The Labute approximate surface area is 123 Å². The van der Waals surface area contributed by atoms with E-state index >= 15 is 0 Å². The molecule has 0 aliphatic heterocycles. The Kier molecular flexibility index (Phi) is 3.86. The second-order valence-corrected chi connectivity index (χ2v) is 5.96. The van der Waals surface area contributed by atoms with E-state index in [0.717, 1.165) is 18.7 Å². The molecule has 2 aliphatic rings. The van der Waals surface area contributed by atoms with Crippen molar-refractivity contribution in [2.24, 2.45) is 5.92 Å². The first kappa shape index (κ1) is 14.0. The number of carboxylic acid groups (broad SMARTS) is 1. The summed E-state index contributed by atoms with van der Waals surface area (Å²) in [5, 5.41) is 11.9. The molecule has 3 rings (SSSR count). The fraction of sp³-hybridized carbons (Fsp3) is 0.600. The van der Waals surface area contributed by atoms with Gasteiger partial charge in [-0.15, -0.1) is 0 Å². The lowest BCUT2D eigenvalue weighted by Crippen LogP contribution is -2.38. The minimum atomic E-state index is -0.733. The predicted molar refractivity (Wildman–Crippen MR) is 74.9 cm³/mol. The van der Waals surface area contributed by atoms with E-state index in [9.17, 15) is 9.59 Å². The normalized spacial score (nSPS) is 25.3. The lowest BCUT2D eigenvalue weighted by molar-refractivity contribution is -0.142. The molecule has 0 radical (unpaired) electrons. The molecule has 0 atom stereocenters. The molecule has 0 saturated heterocycles. The van der Waals surface area contributed by atoms with Crippen molar-refractivity contribution < 1.29 is 14.7 Å². The van der Waals surface area contributed by atoms with E-state index in [2.05, 4.69) is 15.3 Å². The third kappa shape index (κ3) is 3.37. The van der Waals surface area contributed by atoms with Crippen LogP contribution in [0.5, 0.6) is 0 Å². The van der Waals surface area contributed by atoms with Crippen molar-refractivity contribution >= 4 is 11.9 Å². The maximum absolute atomic E-state index is 12.1. The number of carbonyl (C=O) groups is 2. The van der Waals surface area contributed by atoms with Crippen LogP contribution in [0.4, 0.5) is 0 Å². The third-order valence-corrected chi connectivity index (χ3v) is 4.29. The van der Waals surface area contributed by atoms with Crippen LogP contribution >= 0.6 is 0 Å². The van der Waals surface area contributed by atoms with Gasteiger partial charge in [-0.05, 0) is 38.5 Å². The van der Waals surface area contributed by atoms with Crippen LogP contribution in [0.3, 0.4) is 0 Å². The van der Waals surface area contributed by atoms with Crippen LogP contribution in [0.15, 0.2) is 12.4 Å². The average molecular weight is 289 g/mol. The quantitative estimate of drug-likeness (QED) is 0.880. The fourth-order valence-electron chi connectivity index (χ4n) is 2.76. The monoisotopic (exact) mass is 289 g/mol. The van der Waals surface area contributed by atoms with Crippen LogP contribution in [0, 0.1) is 5.92 Å². The van der Waals surface area contributed by atoms with E-state index in [-0.39, 0.29) is 17.9 Å². The molecule has 21 heavy (non-hydrogen) atoms. The minimum Gasteiger partial charge on any atom is -0.481 e. The largest absolute Gasteiger partial charge is 0.481 e. The molecule has 6 heteroatoms. The molecule has 2 saturated carbocycles. The molecule has 1 amide bonds. The van der Waals surface area contributed by atoms with E-state index < -0.39 is 5.97 Å². The Morgan fingerprint density at radius 2 is 1.67 bits per heavy atom. The molecule has 6 nitrogen and oxygen atoms in total. The van der Waals surface area contributed by atoms with Crippen LogP contribution in [0.25, 0.3) is 0 Å². The van der Waals surface area contributed by atoms with Crippen molar-refractivity contribution in [2.45, 2.75) is 50.5 Å². The number of carbonyl (C=O) groups excluding carboxylic acids is 1. The number of hydrogen-bond acceptors (Lipinski definition) is 4. The zero-order valence-electron chi connectivity index (χ0n) is 11.8. The van der Waals surface area contributed by atoms with Crippen LogP contribution in [-0.2, 0) is 4.79 Å². The van der Waals surface area contributed by atoms with Crippen molar-refractivity contribution in [1.82, 2.24) is 15.3 Å². The van der Waals surface area contributed by atoms with Gasteiger partial charge >= 0.3 is 5.97 Å². The van der Waals surface area contributed by atoms with E-state index in [1.165, 1.54) is 0 Å². The smallest absolute Gasteiger partial charge is 0.306 e. The number of hydrogen-bond donors (Lipinski definition) is 2. The van der Waals surface area contributed by atoms with Gasteiger partial charge in [0.15, 0.2) is 0 Å². The van der Waals surface area contributed by atoms with Crippen LogP contribution in [0.1, 0.15) is 60.6 Å². The van der Waals surface area contributed by atoms with Gasteiger partial charge in [-0.2, -0.15) is 0 Å². The van der Waals surface area contributed by atoms with Gasteiger partial charge in [-0.3, -0.25) is 9.59 Å². The molecule has 1 aromatic heterocycles. The van der Waals surface area contributed by atoms with Gasteiger partial charge < -0.3 is 10.4 Å². The van der Waals surface area contributed by atoms with Gasteiger partial charge in [-0.25, -0.2) is 9.97 Å². The van der Waals surface area contributed by atoms with Crippen LogP contribution < -0.4 is 5.32 Å². The SMILES string of the molecule is O=C(NC1CCC(C(=O)O)CC1)c1cnc(C2CC2)nc1. The highest BCUT2D eigenvalue weighted by molar-refractivity contribution is 5.93. The van der Waals surface area contributed by atoms with Crippen LogP contribution in [-0.4, -0.2) is 33.0 Å². The molecule has 2 fully saturated rings. The first-order chi connectivity index (χ1) is 10.1. The highest BCUT2D eigenvalue weighted by atomic mass is 16.4. The Bertz CT molecular complexity index is 532. The topological polar surface area (TPSA) is 92.2 Å². The summed E-state index contributed by atoms with van der Waals surface area (Å²) in [6.07, 6.45) is 8.11. The zero-order valence-corrected chi connectivity index (χ0v) is 11.8. The van der Waals surface area contributed by atoms with Gasteiger partial charge in [0, 0.05) is 24.4 Å². The zero-order chi connectivity index (χ0) is 14.8. The van der Waals surface area contributed by atoms with Crippen LogP contribution in [0.2, 0.25) is 0 Å². The number of aliphatic carboxylic acids is 1. The Balaban J connectivity index is 1.53. The lowest BCUT2D eigenvalue weighted by Gasteiger charge is -2.26. The van der Waals surface area contributed by atoms with Gasteiger partial charge in [0.25, 0.3) is 5.91 Å². The number of aromatic nitrogens is 2. The molecule has 112 valence electrons. The van der Waals surface area contributed by atoms with Crippen molar-refractivity contribution in [3.8, 4) is 0 Å².